The van der Waals surface area contributed by atoms with Gasteiger partial charge in [-0.1, -0.05) is 71.4 Å². The van der Waals surface area contributed by atoms with Gasteiger partial charge in [0.05, 0.1) is 11.2 Å². The van der Waals surface area contributed by atoms with Crippen LogP contribution in [0.3, 0.4) is 0 Å². The number of imidazole rings is 1. The molecular formula is C30H24IrN4-2. The largest absolute Gasteiger partial charge is 0.438 e. The summed E-state index contributed by atoms with van der Waals surface area (Å²) in [6.45, 7) is 6.04. The molecule has 0 atom stereocenters. The van der Waals surface area contributed by atoms with Crippen molar-refractivity contribution < 1.29 is 20.1 Å². The van der Waals surface area contributed by atoms with Crippen LogP contribution in [0, 0.1) is 26.8 Å². The minimum absolute atomic E-state index is 0. The van der Waals surface area contributed by atoms with E-state index in [1.165, 1.54) is 21.7 Å². The zero-order chi connectivity index (χ0) is 23.5. The van der Waals surface area contributed by atoms with E-state index in [1.807, 2.05) is 44.2 Å². The van der Waals surface area contributed by atoms with Crippen molar-refractivity contribution in [1.82, 2.24) is 19.9 Å². The molecule has 0 spiro atoms. The summed E-state index contributed by atoms with van der Waals surface area (Å²) in [7, 11) is 0. The third kappa shape index (κ3) is 5.22. The molecule has 175 valence electrons. The van der Waals surface area contributed by atoms with Gasteiger partial charge in [0, 0.05) is 31.7 Å². The molecule has 35 heavy (non-hydrogen) atoms. The van der Waals surface area contributed by atoms with Gasteiger partial charge in [-0.15, -0.1) is 29.1 Å². The Hall–Kier alpha value is -3.66. The van der Waals surface area contributed by atoms with Crippen molar-refractivity contribution in [3.63, 3.8) is 0 Å². The second kappa shape index (κ2) is 10.7. The summed E-state index contributed by atoms with van der Waals surface area (Å²) in [5.74, 6) is 0.718. The topological polar surface area (TPSA) is 52.8 Å². The molecule has 4 nitrogen and oxygen atoms in total. The van der Waals surface area contributed by atoms with Crippen LogP contribution in [0.5, 0.6) is 0 Å². The molecule has 5 heteroatoms. The Kier molecular flexibility index (Phi) is 7.50. The average Bonchev–Trinajstić information content (AvgIpc) is 3.22. The van der Waals surface area contributed by atoms with Crippen molar-refractivity contribution in [2.24, 2.45) is 0 Å². The van der Waals surface area contributed by atoms with Crippen LogP contribution in [0.2, 0.25) is 0 Å². The fraction of sp³-hybridized carbons (Fsp3) is 0.100. The smallest absolute Gasteiger partial charge is 0.0620 e. The molecule has 0 saturated carbocycles. The van der Waals surface area contributed by atoms with Crippen molar-refractivity contribution >= 4 is 21.7 Å². The normalized spacial score (nSPS) is 10.5. The summed E-state index contributed by atoms with van der Waals surface area (Å²) in [6, 6.07) is 32.0. The third-order valence-corrected chi connectivity index (χ3v) is 5.86. The van der Waals surface area contributed by atoms with Gasteiger partial charge in [0.1, 0.15) is 0 Å². The number of aromatic nitrogens is 4. The van der Waals surface area contributed by atoms with Gasteiger partial charge < -0.3 is 9.97 Å². The minimum atomic E-state index is 0. The molecule has 3 heterocycles. The van der Waals surface area contributed by atoms with E-state index in [2.05, 4.69) is 82.5 Å². The van der Waals surface area contributed by atoms with E-state index in [0.717, 1.165) is 39.7 Å². The van der Waals surface area contributed by atoms with E-state index in [1.54, 1.807) is 6.20 Å². The molecule has 0 aliphatic rings. The number of rotatable bonds is 2. The first-order valence-corrected chi connectivity index (χ1v) is 11.3. The first-order chi connectivity index (χ1) is 16.6. The fourth-order valence-corrected chi connectivity index (χ4v) is 3.97. The number of aryl methyl sites for hydroxylation is 3. The quantitative estimate of drug-likeness (QED) is 0.196. The Bertz CT molecular complexity index is 1560. The van der Waals surface area contributed by atoms with Crippen LogP contribution in [-0.2, 0) is 20.1 Å². The number of hydrogen-bond donors (Lipinski definition) is 0. The van der Waals surface area contributed by atoms with Gasteiger partial charge in [0.25, 0.3) is 0 Å². The fourth-order valence-electron chi connectivity index (χ4n) is 3.97. The van der Waals surface area contributed by atoms with Crippen LogP contribution in [0.25, 0.3) is 44.5 Å². The summed E-state index contributed by atoms with van der Waals surface area (Å²) < 4.78 is 0. The van der Waals surface area contributed by atoms with Crippen molar-refractivity contribution in [1.29, 1.82) is 0 Å². The van der Waals surface area contributed by atoms with Crippen LogP contribution in [0.15, 0.2) is 91.1 Å². The van der Waals surface area contributed by atoms with Crippen molar-refractivity contribution in [3.8, 4) is 22.8 Å². The Morgan fingerprint density at radius 3 is 2.23 bits per heavy atom. The molecule has 0 N–H and O–H groups in total. The van der Waals surface area contributed by atoms with Crippen molar-refractivity contribution in [2.45, 2.75) is 20.8 Å². The molecule has 0 fully saturated rings. The standard InChI is InChI=1S/C20H14N.C10H10N3.Ir/c1-14-13-20(21-19-12-5-4-9-16(14)19)18-11-6-8-15-7-2-3-10-17(15)18;1-7-8(2)13-10(12-7)9-5-3-4-6-11-9;/h2-10,12-13H,1H3;3-6H,1-2H3;/q2*-1;. The van der Waals surface area contributed by atoms with Crippen molar-refractivity contribution in [2.75, 3.05) is 0 Å². The predicted octanol–water partition coefficient (Wildman–Crippen LogP) is 6.88. The van der Waals surface area contributed by atoms with Gasteiger partial charge in [-0.2, -0.15) is 0 Å². The number of nitrogens with zero attached hydrogens (tertiary/aromatic N) is 4. The molecule has 3 aromatic heterocycles. The Labute approximate surface area is 218 Å². The van der Waals surface area contributed by atoms with Crippen LogP contribution >= 0.6 is 0 Å². The van der Waals surface area contributed by atoms with E-state index in [-0.39, 0.29) is 20.1 Å². The zero-order valence-electron chi connectivity index (χ0n) is 19.8. The first-order valence-electron chi connectivity index (χ1n) is 11.3. The van der Waals surface area contributed by atoms with Crippen LogP contribution < -0.4 is 4.98 Å². The Morgan fingerprint density at radius 1 is 0.743 bits per heavy atom. The molecule has 1 radical (unpaired) electrons. The maximum absolute atomic E-state index is 4.83. The molecule has 0 bridgehead atoms. The predicted molar refractivity (Wildman–Crippen MR) is 139 cm³/mol. The maximum atomic E-state index is 4.83. The first kappa shape index (κ1) is 24.5. The van der Waals surface area contributed by atoms with Gasteiger partial charge in [0.2, 0.25) is 0 Å². The van der Waals surface area contributed by atoms with E-state index < -0.39 is 0 Å². The molecule has 0 saturated heterocycles. The number of fused-ring (bicyclic) bond motifs is 2. The summed E-state index contributed by atoms with van der Waals surface area (Å²) in [6.07, 6.45) is 1.75. The number of benzene rings is 3. The van der Waals surface area contributed by atoms with E-state index in [9.17, 15) is 0 Å². The van der Waals surface area contributed by atoms with Crippen molar-refractivity contribution in [3.05, 3.63) is 114 Å². The second-order valence-electron chi connectivity index (χ2n) is 8.21. The molecule has 0 unspecified atom stereocenters. The van der Waals surface area contributed by atoms with E-state index >= 15 is 0 Å². The van der Waals surface area contributed by atoms with Crippen LogP contribution in [-0.4, -0.2) is 15.0 Å². The second-order valence-corrected chi connectivity index (χ2v) is 8.21. The Morgan fingerprint density at radius 2 is 1.49 bits per heavy atom. The molecule has 3 aromatic carbocycles. The number of pyridine rings is 2. The van der Waals surface area contributed by atoms with Gasteiger partial charge in [-0.05, 0) is 56.1 Å². The Balaban J connectivity index is 0.000000179. The number of hydrogen-bond acceptors (Lipinski definition) is 3. The van der Waals surface area contributed by atoms with Crippen LogP contribution in [0.4, 0.5) is 0 Å². The molecule has 6 aromatic rings. The zero-order valence-corrected chi connectivity index (χ0v) is 22.2. The minimum Gasteiger partial charge on any atom is -0.438 e. The van der Waals surface area contributed by atoms with Gasteiger partial charge in [-0.3, -0.25) is 9.97 Å². The molecule has 0 aliphatic heterocycles. The van der Waals surface area contributed by atoms with Crippen LogP contribution in [0.1, 0.15) is 17.0 Å². The summed E-state index contributed by atoms with van der Waals surface area (Å²) in [4.78, 5) is 17.6. The average molecular weight is 633 g/mol. The van der Waals surface area contributed by atoms with E-state index in [0.29, 0.717) is 0 Å². The summed E-state index contributed by atoms with van der Waals surface area (Å²) in [5, 5.41) is 3.63. The van der Waals surface area contributed by atoms with Gasteiger partial charge >= 0.3 is 0 Å². The monoisotopic (exact) mass is 633 g/mol. The summed E-state index contributed by atoms with van der Waals surface area (Å²) >= 11 is 0. The van der Waals surface area contributed by atoms with E-state index in [4.69, 9.17) is 4.98 Å². The summed E-state index contributed by atoms with van der Waals surface area (Å²) in [5.41, 5.74) is 7.12. The molecule has 6 rings (SSSR count). The molecule has 0 amide bonds. The third-order valence-electron chi connectivity index (χ3n) is 5.86. The number of para-hydroxylation sites is 1. The molecule has 0 aliphatic carbocycles. The van der Waals surface area contributed by atoms with Gasteiger partial charge in [0.15, 0.2) is 0 Å². The maximum Gasteiger partial charge on any atom is 0.0620 e. The SMILES string of the molecule is Cc1cc(-c2[c-]ccc3ccccc23)nc2ccccc12.Cc1nc(-c2ccccn2)[n-]c1C.[Ir]. The van der Waals surface area contributed by atoms with Gasteiger partial charge in [-0.25, -0.2) is 0 Å². The molecular weight excluding hydrogens is 609 g/mol.